The number of hydrogen-bond acceptors (Lipinski definition) is 7. The molecule has 2 aliphatic rings. The fourth-order valence-corrected chi connectivity index (χ4v) is 7.14. The molecule has 0 saturated heterocycles. The van der Waals surface area contributed by atoms with Crippen molar-refractivity contribution < 1.29 is 22.7 Å². The summed E-state index contributed by atoms with van der Waals surface area (Å²) >= 11 is 0. The lowest BCUT2D eigenvalue weighted by Crippen LogP contribution is -2.38. The van der Waals surface area contributed by atoms with Gasteiger partial charge in [0.05, 0.1) is 36.8 Å². The highest BCUT2D eigenvalue weighted by molar-refractivity contribution is 7.91. The van der Waals surface area contributed by atoms with E-state index in [9.17, 15) is 18.0 Å². The number of aromatic nitrogens is 3. The number of Topliss-reactive ketones (excluding diaryl/α,β-unsaturated/α-hetero) is 1. The molecule has 0 N–H and O–H groups in total. The zero-order chi connectivity index (χ0) is 28.8. The number of allylic oxidation sites excluding steroid dienone is 3. The molecule has 0 fully saturated rings. The van der Waals surface area contributed by atoms with Crippen LogP contribution in [0.1, 0.15) is 51.8 Å². The molecule has 1 aliphatic heterocycles. The highest BCUT2D eigenvalue weighted by Crippen LogP contribution is 2.37. The van der Waals surface area contributed by atoms with E-state index >= 15 is 0 Å². The first kappa shape index (κ1) is 27.8. The second-order valence-corrected chi connectivity index (χ2v) is 13.3. The molecule has 5 rings (SSSR count). The number of ether oxygens (including phenoxy) is 1. The molecule has 1 aromatic carbocycles. The van der Waals surface area contributed by atoms with E-state index in [4.69, 9.17) is 9.72 Å². The standard InChI is InChI=1S/C30H34N4O5S/c1-19(2)26(35)16-27(36)33-14-12-24-23(18-33)29(39-5)32-28(31-24)22-9-6-10-25-21(22)11-15-34(25)40(37,38)30(4)13-7-8-20(3)17-30/h6-11,13,15,19H,12,14,16-18H2,1-5H3. The minimum absolute atomic E-state index is 0.0866. The van der Waals surface area contributed by atoms with Crippen molar-refractivity contribution in [3.63, 3.8) is 0 Å². The van der Waals surface area contributed by atoms with E-state index in [1.165, 1.54) is 11.1 Å². The Labute approximate surface area is 234 Å². The first-order chi connectivity index (χ1) is 18.9. The van der Waals surface area contributed by atoms with E-state index < -0.39 is 14.8 Å². The lowest BCUT2D eigenvalue weighted by Gasteiger charge is -2.29. The topological polar surface area (TPSA) is 111 Å². The van der Waals surface area contributed by atoms with Crippen LogP contribution < -0.4 is 4.74 Å². The number of rotatable bonds is 7. The van der Waals surface area contributed by atoms with Crippen molar-refractivity contribution in [2.75, 3.05) is 13.7 Å². The van der Waals surface area contributed by atoms with E-state index in [-0.39, 0.29) is 30.6 Å². The molecule has 3 aromatic rings. The molecule has 0 bridgehead atoms. The maximum atomic E-state index is 13.8. The smallest absolute Gasteiger partial charge is 0.248 e. The maximum Gasteiger partial charge on any atom is 0.248 e. The monoisotopic (exact) mass is 562 g/mol. The van der Waals surface area contributed by atoms with Gasteiger partial charge in [-0.1, -0.05) is 49.8 Å². The SMILES string of the molecule is COc1nc(-c2cccc3c2ccn3S(=O)(=O)C2(C)C=CC=C(C)C2)nc2c1CN(C(=O)CC(=O)C(C)C)CC2. The van der Waals surface area contributed by atoms with Gasteiger partial charge in [-0.15, -0.1) is 0 Å². The fraction of sp³-hybridized carbons (Fsp3) is 0.400. The zero-order valence-electron chi connectivity index (χ0n) is 23.5. The van der Waals surface area contributed by atoms with Gasteiger partial charge in [0.2, 0.25) is 21.8 Å². The van der Waals surface area contributed by atoms with Gasteiger partial charge in [-0.05, 0) is 32.4 Å². The number of fused-ring (bicyclic) bond motifs is 2. The number of hydrogen-bond donors (Lipinski definition) is 0. The van der Waals surface area contributed by atoms with Crippen molar-refractivity contribution in [1.82, 2.24) is 18.8 Å². The van der Waals surface area contributed by atoms with Crippen LogP contribution in [0.3, 0.4) is 0 Å². The summed E-state index contributed by atoms with van der Waals surface area (Å²) in [6.45, 7) is 7.96. The van der Waals surface area contributed by atoms with E-state index in [0.29, 0.717) is 47.6 Å². The number of amides is 1. The molecule has 0 radical (unpaired) electrons. The zero-order valence-corrected chi connectivity index (χ0v) is 24.3. The molecule has 1 aliphatic carbocycles. The Morgan fingerprint density at radius 2 is 1.95 bits per heavy atom. The van der Waals surface area contributed by atoms with E-state index in [2.05, 4.69) is 4.98 Å². The Bertz CT molecular complexity index is 1670. The van der Waals surface area contributed by atoms with E-state index in [1.807, 2.05) is 19.1 Å². The van der Waals surface area contributed by atoms with Crippen LogP contribution in [0.4, 0.5) is 0 Å². The molecule has 210 valence electrons. The van der Waals surface area contributed by atoms with Gasteiger partial charge in [0.15, 0.2) is 5.82 Å². The number of carbonyl (C=O) groups is 2. The van der Waals surface area contributed by atoms with Gasteiger partial charge >= 0.3 is 0 Å². The molecular formula is C30H34N4O5S. The number of ketones is 1. The van der Waals surface area contributed by atoms with Gasteiger partial charge in [-0.2, -0.15) is 4.98 Å². The van der Waals surface area contributed by atoms with Crippen molar-refractivity contribution in [2.24, 2.45) is 5.92 Å². The lowest BCUT2D eigenvalue weighted by atomic mass is 9.96. The summed E-state index contributed by atoms with van der Waals surface area (Å²) in [7, 11) is -2.25. The fourth-order valence-electron chi connectivity index (χ4n) is 5.39. The minimum atomic E-state index is -3.77. The summed E-state index contributed by atoms with van der Waals surface area (Å²) in [6, 6.07) is 7.23. The molecule has 3 heterocycles. The quantitative estimate of drug-likeness (QED) is 0.391. The number of methoxy groups -OCH3 is 1. The van der Waals surface area contributed by atoms with Crippen LogP contribution in [0.2, 0.25) is 0 Å². The highest BCUT2D eigenvalue weighted by atomic mass is 32.2. The second kappa shape index (κ2) is 10.3. The average Bonchev–Trinajstić information content (AvgIpc) is 3.37. The van der Waals surface area contributed by atoms with Gasteiger partial charge < -0.3 is 9.64 Å². The van der Waals surface area contributed by atoms with Crippen LogP contribution in [0, 0.1) is 5.92 Å². The molecule has 10 heteroatoms. The molecule has 9 nitrogen and oxygen atoms in total. The third kappa shape index (κ3) is 4.74. The van der Waals surface area contributed by atoms with Crippen LogP contribution in [-0.2, 0) is 32.6 Å². The van der Waals surface area contributed by atoms with Gasteiger partial charge in [0.25, 0.3) is 0 Å². The summed E-state index contributed by atoms with van der Waals surface area (Å²) in [5, 5.41) is 0.712. The normalized spacial score (nSPS) is 19.1. The van der Waals surface area contributed by atoms with Gasteiger partial charge in [0, 0.05) is 36.0 Å². The highest BCUT2D eigenvalue weighted by Gasteiger charge is 2.40. The summed E-state index contributed by atoms with van der Waals surface area (Å²) in [5.41, 5.74) is 3.73. The average molecular weight is 563 g/mol. The number of nitrogens with zero attached hydrogens (tertiary/aromatic N) is 4. The van der Waals surface area contributed by atoms with Gasteiger partial charge in [-0.25, -0.2) is 17.4 Å². The molecule has 0 spiro atoms. The molecule has 1 unspecified atom stereocenters. The largest absolute Gasteiger partial charge is 0.481 e. The summed E-state index contributed by atoms with van der Waals surface area (Å²) < 4.78 is 33.6. The minimum Gasteiger partial charge on any atom is -0.481 e. The van der Waals surface area contributed by atoms with Crippen LogP contribution in [0.25, 0.3) is 22.3 Å². The first-order valence-electron chi connectivity index (χ1n) is 13.4. The molecule has 0 saturated carbocycles. The predicted molar refractivity (Wildman–Crippen MR) is 153 cm³/mol. The van der Waals surface area contributed by atoms with Crippen molar-refractivity contribution in [2.45, 2.75) is 58.2 Å². The van der Waals surface area contributed by atoms with Crippen molar-refractivity contribution in [1.29, 1.82) is 0 Å². The molecule has 40 heavy (non-hydrogen) atoms. The number of carbonyl (C=O) groups excluding carboxylic acids is 2. The summed E-state index contributed by atoms with van der Waals surface area (Å²) in [4.78, 5) is 36.0. The lowest BCUT2D eigenvalue weighted by molar-refractivity contribution is -0.137. The third-order valence-electron chi connectivity index (χ3n) is 7.78. The van der Waals surface area contributed by atoms with Gasteiger partial charge in [-0.3, -0.25) is 9.59 Å². The summed E-state index contributed by atoms with van der Waals surface area (Å²) in [6.07, 6.45) is 7.86. The molecule has 1 atom stereocenters. The second-order valence-electron chi connectivity index (χ2n) is 11.1. The first-order valence-corrected chi connectivity index (χ1v) is 14.8. The van der Waals surface area contributed by atoms with Crippen LogP contribution in [0.5, 0.6) is 5.88 Å². The Hall–Kier alpha value is -3.79. The third-order valence-corrected chi connectivity index (χ3v) is 10.1. The predicted octanol–water partition coefficient (Wildman–Crippen LogP) is 4.45. The van der Waals surface area contributed by atoms with Crippen molar-refractivity contribution >= 4 is 32.6 Å². The van der Waals surface area contributed by atoms with Crippen LogP contribution in [-0.4, -0.2) is 57.4 Å². The van der Waals surface area contributed by atoms with E-state index in [1.54, 1.807) is 62.2 Å². The molecular weight excluding hydrogens is 528 g/mol. The molecule has 2 aromatic heterocycles. The Balaban J connectivity index is 1.51. The Morgan fingerprint density at radius 3 is 2.65 bits per heavy atom. The van der Waals surface area contributed by atoms with Crippen LogP contribution >= 0.6 is 0 Å². The van der Waals surface area contributed by atoms with Gasteiger partial charge in [0.1, 0.15) is 10.5 Å². The van der Waals surface area contributed by atoms with E-state index in [0.717, 1.165) is 16.8 Å². The van der Waals surface area contributed by atoms with Crippen molar-refractivity contribution in [3.05, 3.63) is 65.5 Å². The Morgan fingerprint density at radius 1 is 1.18 bits per heavy atom. The molecule has 1 amide bonds. The van der Waals surface area contributed by atoms with Crippen molar-refractivity contribution in [3.8, 4) is 17.3 Å². The maximum absolute atomic E-state index is 13.8. The Kier molecular flexibility index (Phi) is 7.16. The van der Waals surface area contributed by atoms with Crippen LogP contribution in [0.15, 0.2) is 54.3 Å². The summed E-state index contributed by atoms with van der Waals surface area (Å²) in [5.74, 6) is 0.288. The number of benzene rings is 1.